The van der Waals surface area contributed by atoms with Gasteiger partial charge in [0.05, 0.1) is 11.9 Å². The van der Waals surface area contributed by atoms with Crippen LogP contribution in [-0.2, 0) is 5.41 Å². The fourth-order valence-electron chi connectivity index (χ4n) is 7.02. The summed E-state index contributed by atoms with van der Waals surface area (Å²) in [6, 6.07) is 20.1. The Morgan fingerprint density at radius 3 is 2.24 bits per heavy atom. The van der Waals surface area contributed by atoms with Crippen molar-refractivity contribution in [2.75, 3.05) is 5.32 Å². The summed E-state index contributed by atoms with van der Waals surface area (Å²) >= 11 is 3.46. The van der Waals surface area contributed by atoms with Gasteiger partial charge in [0.25, 0.3) is 0 Å². The molecule has 34 heavy (non-hydrogen) atoms. The lowest BCUT2D eigenvalue weighted by Gasteiger charge is -2.57. The zero-order chi connectivity index (χ0) is 23.1. The van der Waals surface area contributed by atoms with Crippen molar-refractivity contribution in [1.29, 1.82) is 0 Å². The van der Waals surface area contributed by atoms with Gasteiger partial charge in [-0.3, -0.25) is 0 Å². The Kier molecular flexibility index (Phi) is 5.56. The second-order valence-corrected chi connectivity index (χ2v) is 11.3. The number of hydrogen-bond acceptors (Lipinski definition) is 2. The lowest BCUT2D eigenvalue weighted by Crippen LogP contribution is -2.48. The minimum Gasteiger partial charge on any atom is -0.316 e. The molecule has 4 bridgehead atoms. The van der Waals surface area contributed by atoms with E-state index < -0.39 is 0 Å². The fourth-order valence-corrected chi connectivity index (χ4v) is 7.29. The Hall–Kier alpha value is -2.86. The molecule has 4 fully saturated rings. The smallest absolute Gasteiger partial charge is 0.316 e. The van der Waals surface area contributed by atoms with Gasteiger partial charge in [0.2, 0.25) is 0 Å². The molecule has 2 aromatic carbocycles. The van der Waals surface area contributed by atoms with Gasteiger partial charge in [0, 0.05) is 22.0 Å². The van der Waals surface area contributed by atoms with Gasteiger partial charge >= 0.3 is 6.03 Å². The summed E-state index contributed by atoms with van der Waals surface area (Å²) in [6.07, 6.45) is 12.0. The summed E-state index contributed by atoms with van der Waals surface area (Å²) in [4.78, 5) is 12.4. The molecule has 1 aromatic heterocycles. The molecule has 1 heterocycles. The van der Waals surface area contributed by atoms with Crippen molar-refractivity contribution in [2.24, 2.45) is 22.9 Å². The average Bonchev–Trinajstić information content (AvgIpc) is 3.28. The predicted molar refractivity (Wildman–Crippen MR) is 140 cm³/mol. The van der Waals surface area contributed by atoms with E-state index in [0.717, 1.165) is 39.3 Å². The molecule has 0 radical (unpaired) electrons. The SMILES string of the molecule is O=C(N/N=C/c1cccn1-c1ccc(Br)cc1)Nc1ccc(C23CC4CC(CC(C4)C2)C3)cc1. The summed E-state index contributed by atoms with van der Waals surface area (Å²) in [5.74, 6) is 2.78. The number of hydrazone groups is 1. The van der Waals surface area contributed by atoms with Crippen LogP contribution in [0, 0.1) is 17.8 Å². The third-order valence-electron chi connectivity index (χ3n) is 8.04. The second kappa shape index (κ2) is 8.73. The molecule has 0 aliphatic heterocycles. The van der Waals surface area contributed by atoms with E-state index in [4.69, 9.17) is 0 Å². The molecule has 2 amide bonds. The zero-order valence-electron chi connectivity index (χ0n) is 19.1. The maximum atomic E-state index is 12.4. The van der Waals surface area contributed by atoms with Crippen LogP contribution in [0.5, 0.6) is 0 Å². The number of amides is 2. The third kappa shape index (κ3) is 4.20. The van der Waals surface area contributed by atoms with Gasteiger partial charge in [0.1, 0.15) is 0 Å². The number of rotatable bonds is 5. The molecule has 0 spiro atoms. The van der Waals surface area contributed by atoms with Crippen LogP contribution in [-0.4, -0.2) is 16.8 Å². The molecular weight excluding hydrogens is 488 g/mol. The maximum Gasteiger partial charge on any atom is 0.339 e. The lowest BCUT2D eigenvalue weighted by atomic mass is 9.48. The molecular formula is C28H29BrN4O. The van der Waals surface area contributed by atoms with E-state index in [0.29, 0.717) is 5.41 Å². The van der Waals surface area contributed by atoms with Crippen LogP contribution >= 0.6 is 15.9 Å². The number of carbonyl (C=O) groups excluding carboxylic acids is 1. The first-order chi connectivity index (χ1) is 16.6. The fraction of sp³-hybridized carbons (Fsp3) is 0.357. The van der Waals surface area contributed by atoms with Crippen LogP contribution in [0.15, 0.2) is 76.4 Å². The number of nitrogens with zero attached hydrogens (tertiary/aromatic N) is 2. The first-order valence-electron chi connectivity index (χ1n) is 12.2. The summed E-state index contributed by atoms with van der Waals surface area (Å²) < 4.78 is 3.04. The molecule has 4 aliphatic carbocycles. The Balaban J connectivity index is 1.07. The van der Waals surface area contributed by atoms with E-state index >= 15 is 0 Å². The molecule has 5 nitrogen and oxygen atoms in total. The highest BCUT2D eigenvalue weighted by molar-refractivity contribution is 9.10. The van der Waals surface area contributed by atoms with Crippen LogP contribution in [0.3, 0.4) is 0 Å². The standard InChI is InChI=1S/C28H29BrN4O/c29-23-5-9-25(10-6-23)33-11-1-2-26(33)18-30-32-27(34)31-24-7-3-22(4-8-24)28-15-19-12-20(16-28)14-21(13-19)17-28/h1-11,18-21H,12-17H2,(H2,31,32,34)/b30-18+. The minimum absolute atomic E-state index is 0.347. The highest BCUT2D eigenvalue weighted by Crippen LogP contribution is 2.60. The van der Waals surface area contributed by atoms with Crippen molar-refractivity contribution < 1.29 is 4.79 Å². The van der Waals surface area contributed by atoms with Gasteiger partial charge in [-0.15, -0.1) is 0 Å². The Morgan fingerprint density at radius 2 is 1.59 bits per heavy atom. The number of halogens is 1. The van der Waals surface area contributed by atoms with Gasteiger partial charge in [-0.25, -0.2) is 10.2 Å². The van der Waals surface area contributed by atoms with Crippen LogP contribution < -0.4 is 10.7 Å². The van der Waals surface area contributed by atoms with E-state index in [1.54, 1.807) is 6.21 Å². The highest BCUT2D eigenvalue weighted by atomic mass is 79.9. The first-order valence-corrected chi connectivity index (χ1v) is 13.0. The average molecular weight is 517 g/mol. The topological polar surface area (TPSA) is 58.4 Å². The normalized spacial score (nSPS) is 27.3. The Labute approximate surface area is 208 Å². The molecule has 174 valence electrons. The number of hydrogen-bond donors (Lipinski definition) is 2. The zero-order valence-corrected chi connectivity index (χ0v) is 20.7. The van der Waals surface area contributed by atoms with E-state index in [2.05, 4.69) is 43.9 Å². The molecule has 2 N–H and O–H groups in total. The quantitative estimate of drug-likeness (QED) is 0.282. The van der Waals surface area contributed by atoms with Crippen molar-refractivity contribution in [1.82, 2.24) is 9.99 Å². The van der Waals surface area contributed by atoms with E-state index in [1.807, 2.05) is 59.3 Å². The maximum absolute atomic E-state index is 12.4. The molecule has 6 heteroatoms. The monoisotopic (exact) mass is 516 g/mol. The molecule has 0 unspecified atom stereocenters. The summed E-state index contributed by atoms with van der Waals surface area (Å²) in [6.45, 7) is 0. The van der Waals surface area contributed by atoms with Crippen molar-refractivity contribution in [2.45, 2.75) is 43.9 Å². The number of nitrogens with one attached hydrogen (secondary N) is 2. The largest absolute Gasteiger partial charge is 0.339 e. The van der Waals surface area contributed by atoms with Crippen molar-refractivity contribution in [3.05, 3.63) is 82.6 Å². The van der Waals surface area contributed by atoms with Crippen LogP contribution in [0.4, 0.5) is 10.5 Å². The van der Waals surface area contributed by atoms with Crippen molar-refractivity contribution >= 4 is 33.9 Å². The predicted octanol–water partition coefficient (Wildman–Crippen LogP) is 6.86. The Morgan fingerprint density at radius 1 is 0.941 bits per heavy atom. The first kappa shape index (κ1) is 21.7. The van der Waals surface area contributed by atoms with Crippen LogP contribution in [0.2, 0.25) is 0 Å². The number of benzene rings is 2. The second-order valence-electron chi connectivity index (χ2n) is 10.4. The molecule has 0 saturated heterocycles. The van der Waals surface area contributed by atoms with Crippen LogP contribution in [0.1, 0.15) is 49.8 Å². The van der Waals surface area contributed by atoms with Gasteiger partial charge in [-0.1, -0.05) is 28.1 Å². The van der Waals surface area contributed by atoms with Gasteiger partial charge < -0.3 is 9.88 Å². The summed E-state index contributed by atoms with van der Waals surface area (Å²) in [7, 11) is 0. The number of anilines is 1. The number of carbonyl (C=O) groups is 1. The lowest BCUT2D eigenvalue weighted by molar-refractivity contribution is -0.00518. The van der Waals surface area contributed by atoms with Gasteiger partial charge in [0.15, 0.2) is 0 Å². The van der Waals surface area contributed by atoms with E-state index in [1.165, 1.54) is 44.1 Å². The molecule has 0 atom stereocenters. The molecule has 7 rings (SSSR count). The minimum atomic E-state index is -0.347. The molecule has 4 aliphatic rings. The number of urea groups is 1. The van der Waals surface area contributed by atoms with Gasteiger partial charge in [-0.2, -0.15) is 5.10 Å². The molecule has 4 saturated carbocycles. The Bertz CT molecular complexity index is 1180. The summed E-state index contributed by atoms with van der Waals surface area (Å²) in [5.41, 5.74) is 7.11. The van der Waals surface area contributed by atoms with E-state index in [-0.39, 0.29) is 6.03 Å². The van der Waals surface area contributed by atoms with Crippen molar-refractivity contribution in [3.8, 4) is 5.69 Å². The van der Waals surface area contributed by atoms with Gasteiger partial charge in [-0.05, 0) is 116 Å². The summed E-state index contributed by atoms with van der Waals surface area (Å²) in [5, 5.41) is 7.04. The third-order valence-corrected chi connectivity index (χ3v) is 8.57. The van der Waals surface area contributed by atoms with Crippen LogP contribution in [0.25, 0.3) is 5.69 Å². The molecule has 3 aromatic rings. The van der Waals surface area contributed by atoms with E-state index in [9.17, 15) is 4.79 Å². The number of aromatic nitrogens is 1. The van der Waals surface area contributed by atoms with Crippen molar-refractivity contribution in [3.63, 3.8) is 0 Å². The highest BCUT2D eigenvalue weighted by Gasteiger charge is 2.51.